The van der Waals surface area contributed by atoms with Crippen LogP contribution in [0.1, 0.15) is 45.3 Å². The van der Waals surface area contributed by atoms with Crippen LogP contribution in [0.3, 0.4) is 0 Å². The molecule has 0 bridgehead atoms. The van der Waals surface area contributed by atoms with Crippen molar-refractivity contribution in [2.24, 2.45) is 4.99 Å². The van der Waals surface area contributed by atoms with Crippen molar-refractivity contribution in [1.82, 2.24) is 15.5 Å². The summed E-state index contributed by atoms with van der Waals surface area (Å²) in [5.41, 5.74) is 0.941. The van der Waals surface area contributed by atoms with Gasteiger partial charge in [0.25, 0.3) is 0 Å². The quantitative estimate of drug-likeness (QED) is 0.590. The Labute approximate surface area is 161 Å². The van der Waals surface area contributed by atoms with Gasteiger partial charge < -0.3 is 20.3 Å². The molecule has 150 valence electrons. The summed E-state index contributed by atoms with van der Waals surface area (Å²) < 4.78 is 19.2. The summed E-state index contributed by atoms with van der Waals surface area (Å²) in [6.07, 6.45) is 1.17. The Morgan fingerprint density at radius 1 is 1.37 bits per heavy atom. The first-order chi connectivity index (χ1) is 12.9. The Morgan fingerprint density at radius 2 is 2.07 bits per heavy atom. The molecule has 2 rings (SSSR count). The summed E-state index contributed by atoms with van der Waals surface area (Å²) in [7, 11) is 1.73. The Balaban J connectivity index is 1.91. The summed E-state index contributed by atoms with van der Waals surface area (Å²) in [6.45, 7) is 7.89. The highest BCUT2D eigenvalue weighted by Crippen LogP contribution is 2.25. The number of guanidine groups is 1. The van der Waals surface area contributed by atoms with Crippen LogP contribution >= 0.6 is 0 Å². The number of halogens is 1. The van der Waals surface area contributed by atoms with Crippen LogP contribution in [0.25, 0.3) is 0 Å². The lowest BCUT2D eigenvalue weighted by Gasteiger charge is -2.38. The van der Waals surface area contributed by atoms with E-state index in [0.717, 1.165) is 17.9 Å². The van der Waals surface area contributed by atoms with Crippen LogP contribution in [0, 0.1) is 5.82 Å². The molecule has 1 saturated heterocycles. The van der Waals surface area contributed by atoms with E-state index in [9.17, 15) is 9.18 Å². The lowest BCUT2D eigenvalue weighted by molar-refractivity contribution is -0.121. The first-order valence-electron chi connectivity index (χ1n) is 9.58. The number of amides is 1. The summed E-state index contributed by atoms with van der Waals surface area (Å²) in [5, 5.41) is 6.22. The second kappa shape index (κ2) is 10.3. The van der Waals surface area contributed by atoms with E-state index in [2.05, 4.69) is 20.5 Å². The third-order valence-corrected chi connectivity index (χ3v) is 4.67. The maximum Gasteiger partial charge on any atom is 0.221 e. The summed E-state index contributed by atoms with van der Waals surface area (Å²) in [5.74, 6) is 0.521. The van der Waals surface area contributed by atoms with Crippen molar-refractivity contribution in [3.8, 4) is 0 Å². The van der Waals surface area contributed by atoms with E-state index in [1.807, 2.05) is 20.8 Å². The monoisotopic (exact) mass is 378 g/mol. The van der Waals surface area contributed by atoms with Crippen molar-refractivity contribution in [3.05, 3.63) is 35.6 Å². The molecule has 3 unspecified atom stereocenters. The molecule has 1 aliphatic heterocycles. The second-order valence-corrected chi connectivity index (χ2v) is 6.99. The van der Waals surface area contributed by atoms with Gasteiger partial charge in [0.2, 0.25) is 5.91 Å². The first-order valence-corrected chi connectivity index (χ1v) is 9.58. The van der Waals surface area contributed by atoms with Gasteiger partial charge in [-0.05, 0) is 38.0 Å². The fraction of sp³-hybridized carbons (Fsp3) is 0.600. The smallest absolute Gasteiger partial charge is 0.221 e. The number of hydrogen-bond acceptors (Lipinski definition) is 3. The number of carbonyl (C=O) groups is 1. The van der Waals surface area contributed by atoms with Crippen molar-refractivity contribution in [3.63, 3.8) is 0 Å². The largest absolute Gasteiger partial charge is 0.367 e. The molecule has 1 amide bonds. The van der Waals surface area contributed by atoms with Gasteiger partial charge >= 0.3 is 0 Å². The Morgan fingerprint density at radius 3 is 2.70 bits per heavy atom. The predicted octanol–water partition coefficient (Wildman–Crippen LogP) is 2.47. The Bertz CT molecular complexity index is 635. The van der Waals surface area contributed by atoms with E-state index >= 15 is 0 Å². The highest BCUT2D eigenvalue weighted by molar-refractivity contribution is 5.81. The van der Waals surface area contributed by atoms with Gasteiger partial charge in [-0.2, -0.15) is 0 Å². The van der Waals surface area contributed by atoms with Crippen LogP contribution in [0.2, 0.25) is 0 Å². The third-order valence-electron chi connectivity index (χ3n) is 4.67. The molecule has 0 radical (unpaired) electrons. The maximum atomic E-state index is 13.2. The molecule has 0 aromatic heterocycles. The average molecular weight is 378 g/mol. The van der Waals surface area contributed by atoms with E-state index in [-0.39, 0.29) is 30.0 Å². The number of aliphatic imine (C=N–C) groups is 1. The zero-order valence-electron chi connectivity index (χ0n) is 16.7. The number of carbonyl (C=O) groups excluding carboxylic acids is 1. The summed E-state index contributed by atoms with van der Waals surface area (Å²) >= 11 is 0. The number of hydrogen-bond donors (Lipinski definition) is 2. The molecule has 2 N–H and O–H groups in total. The van der Waals surface area contributed by atoms with Crippen LogP contribution in [0.15, 0.2) is 29.3 Å². The van der Waals surface area contributed by atoms with Gasteiger partial charge in [0.15, 0.2) is 5.96 Å². The highest BCUT2D eigenvalue weighted by Gasteiger charge is 2.28. The number of nitrogens with zero attached hydrogens (tertiary/aromatic N) is 2. The highest BCUT2D eigenvalue weighted by atomic mass is 19.1. The fourth-order valence-corrected chi connectivity index (χ4v) is 3.06. The fourth-order valence-electron chi connectivity index (χ4n) is 3.06. The molecule has 1 aromatic rings. The molecule has 0 spiro atoms. The molecule has 3 atom stereocenters. The number of ether oxygens (including phenoxy) is 1. The van der Waals surface area contributed by atoms with Gasteiger partial charge in [-0.3, -0.25) is 9.79 Å². The normalized spacial score (nSPS) is 21.7. The van der Waals surface area contributed by atoms with E-state index in [1.54, 1.807) is 19.2 Å². The minimum Gasteiger partial charge on any atom is -0.367 e. The van der Waals surface area contributed by atoms with E-state index < -0.39 is 0 Å². The lowest BCUT2D eigenvalue weighted by Crippen LogP contribution is -2.51. The average Bonchev–Trinajstić information content (AvgIpc) is 2.65. The molecule has 1 fully saturated rings. The van der Waals surface area contributed by atoms with Crippen LogP contribution < -0.4 is 10.6 Å². The van der Waals surface area contributed by atoms with E-state index in [4.69, 9.17) is 4.74 Å². The van der Waals surface area contributed by atoms with Crippen LogP contribution in [-0.2, 0) is 9.53 Å². The summed E-state index contributed by atoms with van der Waals surface area (Å²) in [6, 6.07) is 6.60. The zero-order chi connectivity index (χ0) is 19.8. The molecule has 6 nitrogen and oxygen atoms in total. The second-order valence-electron chi connectivity index (χ2n) is 6.99. The number of benzene rings is 1. The molecular formula is C20H31FN4O2. The molecule has 0 aliphatic carbocycles. The van der Waals surface area contributed by atoms with Crippen molar-refractivity contribution >= 4 is 11.9 Å². The molecule has 1 heterocycles. The Hall–Kier alpha value is -2.15. The number of rotatable bonds is 6. The zero-order valence-corrected chi connectivity index (χ0v) is 16.7. The number of morpholine rings is 1. The molecule has 27 heavy (non-hydrogen) atoms. The number of nitrogens with one attached hydrogen (secondary N) is 2. The topological polar surface area (TPSA) is 66.0 Å². The lowest BCUT2D eigenvalue weighted by atomic mass is 10.1. The third kappa shape index (κ3) is 6.50. The van der Waals surface area contributed by atoms with Gasteiger partial charge in [-0.25, -0.2) is 4.39 Å². The van der Waals surface area contributed by atoms with E-state index in [1.165, 1.54) is 12.1 Å². The van der Waals surface area contributed by atoms with Gasteiger partial charge in [0.1, 0.15) is 11.9 Å². The van der Waals surface area contributed by atoms with Gasteiger partial charge in [0, 0.05) is 32.6 Å². The van der Waals surface area contributed by atoms with Gasteiger partial charge in [-0.15, -0.1) is 0 Å². The summed E-state index contributed by atoms with van der Waals surface area (Å²) in [4.78, 5) is 18.4. The van der Waals surface area contributed by atoms with Crippen LogP contribution in [0.4, 0.5) is 4.39 Å². The van der Waals surface area contributed by atoms with Crippen molar-refractivity contribution in [2.75, 3.05) is 26.7 Å². The van der Waals surface area contributed by atoms with Crippen LogP contribution in [-0.4, -0.2) is 55.6 Å². The van der Waals surface area contributed by atoms with Crippen molar-refractivity contribution in [1.29, 1.82) is 0 Å². The van der Waals surface area contributed by atoms with E-state index in [0.29, 0.717) is 26.1 Å². The van der Waals surface area contributed by atoms with Crippen molar-refractivity contribution < 1.29 is 13.9 Å². The Kier molecular flexibility index (Phi) is 8.03. The first kappa shape index (κ1) is 21.2. The van der Waals surface area contributed by atoms with Crippen LogP contribution in [0.5, 0.6) is 0 Å². The van der Waals surface area contributed by atoms with Gasteiger partial charge in [-0.1, -0.05) is 19.1 Å². The molecule has 7 heteroatoms. The predicted molar refractivity (Wildman–Crippen MR) is 105 cm³/mol. The van der Waals surface area contributed by atoms with Crippen molar-refractivity contribution in [2.45, 2.75) is 51.9 Å². The molecule has 1 aromatic carbocycles. The standard InChI is InChI=1S/C20H31FN4O2/c1-5-14(2)24-19(26)10-11-23-20(22-4)25-12-15(3)27-18(13-25)16-6-8-17(21)9-7-16/h6-9,14-15,18H,5,10-13H2,1-4H3,(H,22,23)(H,24,26). The van der Waals surface area contributed by atoms with Gasteiger partial charge in [0.05, 0.1) is 12.6 Å². The SMILES string of the molecule is CCC(C)NC(=O)CCNC(=NC)N1CC(C)OC(c2ccc(F)cc2)C1. The maximum absolute atomic E-state index is 13.2. The molecule has 1 aliphatic rings. The molecular weight excluding hydrogens is 347 g/mol. The molecule has 0 saturated carbocycles. The minimum atomic E-state index is -0.257. The minimum absolute atomic E-state index is 0.0149.